The molecule has 114 valence electrons. The van der Waals surface area contributed by atoms with Crippen LogP contribution in [0.3, 0.4) is 0 Å². The average Bonchev–Trinajstić information content (AvgIpc) is 2.48. The highest BCUT2D eigenvalue weighted by atomic mass is 16.5. The van der Waals surface area contributed by atoms with Gasteiger partial charge in [-0.1, -0.05) is 31.5 Å². The molecular weight excluding hydrogens is 264 g/mol. The van der Waals surface area contributed by atoms with Crippen LogP contribution in [0.25, 0.3) is 0 Å². The summed E-state index contributed by atoms with van der Waals surface area (Å²) in [6.07, 6.45) is 2.05. The summed E-state index contributed by atoms with van der Waals surface area (Å²) in [6.45, 7) is 8.23. The largest absolute Gasteiger partial charge is 0.463 e. The number of hydrogen-bond acceptors (Lipinski definition) is 4. The molecule has 0 saturated carbocycles. The van der Waals surface area contributed by atoms with Gasteiger partial charge in [0, 0.05) is 5.69 Å². The van der Waals surface area contributed by atoms with Crippen LogP contribution in [-0.4, -0.2) is 18.6 Å². The molecule has 1 N–H and O–H groups in total. The van der Waals surface area contributed by atoms with E-state index in [1.807, 2.05) is 6.07 Å². The number of hydrogen-bond donors (Lipinski definition) is 1. The van der Waals surface area contributed by atoms with E-state index in [1.54, 1.807) is 6.92 Å². The summed E-state index contributed by atoms with van der Waals surface area (Å²) in [5, 5.41) is 11.7. The zero-order valence-corrected chi connectivity index (χ0v) is 13.3. The van der Waals surface area contributed by atoms with Gasteiger partial charge in [0.05, 0.1) is 12.5 Å². The zero-order chi connectivity index (χ0) is 15.8. The third kappa shape index (κ3) is 4.78. The highest BCUT2D eigenvalue weighted by Crippen LogP contribution is 2.25. The topological polar surface area (TPSA) is 62.1 Å². The van der Waals surface area contributed by atoms with Crippen LogP contribution in [0.15, 0.2) is 12.1 Å². The van der Waals surface area contributed by atoms with Crippen LogP contribution in [0.2, 0.25) is 0 Å². The van der Waals surface area contributed by atoms with Gasteiger partial charge in [0.2, 0.25) is 0 Å². The molecule has 0 spiro atoms. The number of ether oxygens (including phenoxy) is 1. The van der Waals surface area contributed by atoms with E-state index >= 15 is 0 Å². The van der Waals surface area contributed by atoms with E-state index in [2.05, 4.69) is 38.2 Å². The minimum Gasteiger partial charge on any atom is -0.463 e. The van der Waals surface area contributed by atoms with Crippen molar-refractivity contribution in [2.45, 2.75) is 53.0 Å². The van der Waals surface area contributed by atoms with Crippen molar-refractivity contribution in [3.8, 4) is 6.07 Å². The van der Waals surface area contributed by atoms with Crippen molar-refractivity contribution in [3.05, 3.63) is 28.8 Å². The summed E-state index contributed by atoms with van der Waals surface area (Å²) in [6, 6.07) is 5.82. The lowest BCUT2D eigenvalue weighted by Crippen LogP contribution is -2.29. The molecule has 0 radical (unpaired) electrons. The van der Waals surface area contributed by atoms with Crippen LogP contribution < -0.4 is 5.32 Å². The minimum absolute atomic E-state index is 0.149. The van der Waals surface area contributed by atoms with E-state index in [1.165, 1.54) is 16.7 Å². The van der Waals surface area contributed by atoms with Gasteiger partial charge in [-0.3, -0.25) is 0 Å². The first-order valence-electron chi connectivity index (χ1n) is 7.45. The molecule has 0 heterocycles. The zero-order valence-electron chi connectivity index (χ0n) is 13.3. The van der Waals surface area contributed by atoms with Gasteiger partial charge in [-0.05, 0) is 37.8 Å². The van der Waals surface area contributed by atoms with Crippen molar-refractivity contribution in [1.82, 2.24) is 0 Å². The van der Waals surface area contributed by atoms with Gasteiger partial charge < -0.3 is 10.1 Å². The van der Waals surface area contributed by atoms with Gasteiger partial charge in [-0.15, -0.1) is 0 Å². The fourth-order valence-electron chi connectivity index (χ4n) is 2.28. The number of nitrogens with one attached hydrogen (secondary N) is 1. The second kappa shape index (κ2) is 8.31. The Morgan fingerprint density at radius 2 is 1.90 bits per heavy atom. The van der Waals surface area contributed by atoms with Crippen LogP contribution in [0, 0.1) is 18.3 Å². The number of esters is 1. The molecule has 0 saturated heterocycles. The lowest BCUT2D eigenvalue weighted by atomic mass is 9.99. The molecule has 0 aliphatic rings. The summed E-state index contributed by atoms with van der Waals surface area (Å²) in [7, 11) is 0. The molecule has 4 heteroatoms. The van der Waals surface area contributed by atoms with Gasteiger partial charge in [-0.25, -0.2) is 4.79 Å². The van der Waals surface area contributed by atoms with Gasteiger partial charge in [0.1, 0.15) is 12.6 Å². The van der Waals surface area contributed by atoms with E-state index in [0.29, 0.717) is 0 Å². The smallest absolute Gasteiger partial charge is 0.328 e. The van der Waals surface area contributed by atoms with Crippen molar-refractivity contribution in [2.24, 2.45) is 0 Å². The molecular formula is C17H24N2O2. The number of aryl methyl sites for hydroxylation is 3. The maximum Gasteiger partial charge on any atom is 0.328 e. The van der Waals surface area contributed by atoms with Crippen LogP contribution in [0.4, 0.5) is 5.69 Å². The van der Waals surface area contributed by atoms with E-state index in [4.69, 9.17) is 10.00 Å². The molecule has 0 aliphatic heterocycles. The molecule has 0 amide bonds. The van der Waals surface area contributed by atoms with Crippen molar-refractivity contribution in [1.29, 1.82) is 5.26 Å². The highest BCUT2D eigenvalue weighted by molar-refractivity contribution is 5.79. The van der Waals surface area contributed by atoms with Crippen LogP contribution in [0.5, 0.6) is 0 Å². The van der Waals surface area contributed by atoms with Gasteiger partial charge in [-0.2, -0.15) is 5.26 Å². The van der Waals surface area contributed by atoms with E-state index in [9.17, 15) is 4.79 Å². The predicted octanol–water partition coefficient (Wildman–Crippen LogP) is 3.38. The van der Waals surface area contributed by atoms with Crippen LogP contribution >= 0.6 is 0 Å². The monoisotopic (exact) mass is 288 g/mol. The summed E-state index contributed by atoms with van der Waals surface area (Å²) < 4.78 is 5.06. The van der Waals surface area contributed by atoms with Crippen molar-refractivity contribution < 1.29 is 9.53 Å². The lowest BCUT2D eigenvalue weighted by Gasteiger charge is -2.20. The standard InChI is InChI=1S/C17H24N2O2/c1-5-14-10-12(3)11-15(6-2)16(14)19-13(4)17(20)21-9-7-8-18/h10-11,13,19H,5-7,9H2,1-4H3/t13-/m0/s1. The molecule has 0 aliphatic carbocycles. The fourth-order valence-corrected chi connectivity index (χ4v) is 2.28. The highest BCUT2D eigenvalue weighted by Gasteiger charge is 2.17. The number of carbonyl (C=O) groups is 1. The molecule has 4 nitrogen and oxygen atoms in total. The number of nitrogens with zero attached hydrogens (tertiary/aromatic N) is 1. The molecule has 0 unspecified atom stereocenters. The molecule has 1 atom stereocenters. The molecule has 21 heavy (non-hydrogen) atoms. The van der Waals surface area contributed by atoms with E-state index in [-0.39, 0.29) is 19.0 Å². The first-order chi connectivity index (χ1) is 10.0. The van der Waals surface area contributed by atoms with E-state index < -0.39 is 6.04 Å². The van der Waals surface area contributed by atoms with Gasteiger partial charge in [0.25, 0.3) is 0 Å². The second-order valence-electron chi connectivity index (χ2n) is 5.11. The second-order valence-corrected chi connectivity index (χ2v) is 5.11. The Bertz CT molecular complexity index is 507. The Morgan fingerprint density at radius 3 is 2.38 bits per heavy atom. The normalized spacial score (nSPS) is 11.6. The molecule has 1 aromatic carbocycles. The molecule has 0 aromatic heterocycles. The summed E-state index contributed by atoms with van der Waals surface area (Å²) in [5.41, 5.74) is 4.70. The molecule has 1 aromatic rings. The van der Waals surface area contributed by atoms with Crippen LogP contribution in [-0.2, 0) is 22.4 Å². The number of benzene rings is 1. The fraction of sp³-hybridized carbons (Fsp3) is 0.529. The quantitative estimate of drug-likeness (QED) is 0.617. The molecule has 0 bridgehead atoms. The van der Waals surface area contributed by atoms with Gasteiger partial charge >= 0.3 is 5.97 Å². The average molecular weight is 288 g/mol. The first-order valence-corrected chi connectivity index (χ1v) is 7.45. The number of nitriles is 1. The number of anilines is 1. The first kappa shape index (κ1) is 17.0. The summed E-state index contributed by atoms with van der Waals surface area (Å²) >= 11 is 0. The molecule has 1 rings (SSSR count). The van der Waals surface area contributed by atoms with E-state index in [0.717, 1.165) is 18.5 Å². The number of carbonyl (C=O) groups excluding carboxylic acids is 1. The third-order valence-electron chi connectivity index (χ3n) is 3.38. The van der Waals surface area contributed by atoms with Crippen molar-refractivity contribution >= 4 is 11.7 Å². The van der Waals surface area contributed by atoms with Gasteiger partial charge in [0.15, 0.2) is 0 Å². The maximum absolute atomic E-state index is 11.9. The Hall–Kier alpha value is -2.02. The Balaban J connectivity index is 2.86. The van der Waals surface area contributed by atoms with Crippen molar-refractivity contribution in [2.75, 3.05) is 11.9 Å². The summed E-state index contributed by atoms with van der Waals surface area (Å²) in [4.78, 5) is 11.9. The Morgan fingerprint density at radius 1 is 1.33 bits per heavy atom. The Kier molecular flexibility index (Phi) is 6.74. The number of rotatable bonds is 7. The summed E-state index contributed by atoms with van der Waals surface area (Å²) in [5.74, 6) is -0.324. The Labute approximate surface area is 127 Å². The predicted molar refractivity (Wildman–Crippen MR) is 84.2 cm³/mol. The van der Waals surface area contributed by atoms with Crippen LogP contribution in [0.1, 0.15) is 43.9 Å². The lowest BCUT2D eigenvalue weighted by molar-refractivity contribution is -0.143. The maximum atomic E-state index is 11.9. The van der Waals surface area contributed by atoms with Crippen molar-refractivity contribution in [3.63, 3.8) is 0 Å². The SMILES string of the molecule is CCc1cc(C)cc(CC)c1N[C@@H](C)C(=O)OCCC#N. The molecule has 0 fully saturated rings. The third-order valence-corrected chi connectivity index (χ3v) is 3.38. The minimum atomic E-state index is -0.429.